The molecule has 0 saturated carbocycles. The third kappa shape index (κ3) is 3.15. The van der Waals surface area contributed by atoms with Gasteiger partial charge in [-0.15, -0.1) is 0 Å². The lowest BCUT2D eigenvalue weighted by atomic mass is 9.86. The number of ketones is 1. The van der Waals surface area contributed by atoms with Crippen LogP contribution in [0.2, 0.25) is 0 Å². The predicted octanol–water partition coefficient (Wildman–Crippen LogP) is 0.876. The third-order valence-electron chi connectivity index (χ3n) is 1.60. The van der Waals surface area contributed by atoms with Crippen molar-refractivity contribution in [2.45, 2.75) is 33.3 Å². The molecule has 0 aromatic heterocycles. The average molecular weight is 155 g/mol. The van der Waals surface area contributed by atoms with Crippen molar-refractivity contribution in [2.75, 3.05) is 0 Å². The van der Waals surface area contributed by atoms with Gasteiger partial charge in [-0.1, -0.05) is 0 Å². The van der Waals surface area contributed by atoms with E-state index in [9.17, 15) is 9.90 Å². The van der Waals surface area contributed by atoms with Crippen LogP contribution >= 0.6 is 0 Å². The predicted molar refractivity (Wildman–Crippen MR) is 40.7 cm³/mol. The van der Waals surface area contributed by atoms with E-state index in [1.807, 2.05) is 6.07 Å². The Balaban J connectivity index is 4.15. The number of Topliss-reactive ketones (excluding diaryl/α,β-unsaturated/α-hetero) is 1. The molecule has 1 atom stereocenters. The number of nitriles is 1. The molecule has 0 bridgehead atoms. The highest BCUT2D eigenvalue weighted by molar-refractivity contribution is 5.76. The minimum absolute atomic E-state index is 0.0561. The van der Waals surface area contributed by atoms with Crippen LogP contribution in [0.3, 0.4) is 0 Å². The minimum atomic E-state index is -0.856. The summed E-state index contributed by atoms with van der Waals surface area (Å²) in [4.78, 5) is 10.5. The molecule has 0 rings (SSSR count). The van der Waals surface area contributed by atoms with Crippen LogP contribution in [-0.4, -0.2) is 17.0 Å². The quantitative estimate of drug-likeness (QED) is 0.658. The number of rotatable bonds is 3. The Kier molecular flexibility index (Phi) is 3.21. The molecule has 11 heavy (non-hydrogen) atoms. The zero-order valence-corrected chi connectivity index (χ0v) is 7.09. The number of carbonyl (C=O) groups is 1. The van der Waals surface area contributed by atoms with Gasteiger partial charge in [0.15, 0.2) is 0 Å². The summed E-state index contributed by atoms with van der Waals surface area (Å²) in [7, 11) is 0. The number of aliphatic hydroxyl groups excluding tert-OH is 1. The first-order valence-electron chi connectivity index (χ1n) is 3.49. The summed E-state index contributed by atoms with van der Waals surface area (Å²) in [6, 6.07) is 1.94. The van der Waals surface area contributed by atoms with E-state index in [0.29, 0.717) is 0 Å². The summed E-state index contributed by atoms with van der Waals surface area (Å²) in [5, 5.41) is 17.9. The van der Waals surface area contributed by atoms with Crippen LogP contribution in [0.25, 0.3) is 0 Å². The van der Waals surface area contributed by atoms with E-state index in [0.717, 1.165) is 0 Å². The molecule has 0 amide bonds. The van der Waals surface area contributed by atoms with Crippen molar-refractivity contribution in [1.29, 1.82) is 5.26 Å². The molecular formula is C8H13NO2. The lowest BCUT2D eigenvalue weighted by molar-refractivity contribution is -0.119. The monoisotopic (exact) mass is 155 g/mol. The number of aliphatic hydroxyl groups is 1. The van der Waals surface area contributed by atoms with Crippen molar-refractivity contribution in [3.05, 3.63) is 0 Å². The van der Waals surface area contributed by atoms with Crippen molar-refractivity contribution >= 4 is 5.78 Å². The first-order chi connectivity index (χ1) is 4.90. The largest absolute Gasteiger partial charge is 0.391 e. The summed E-state index contributed by atoms with van der Waals surface area (Å²) in [6.07, 6.45) is -0.800. The van der Waals surface area contributed by atoms with E-state index >= 15 is 0 Å². The highest BCUT2D eigenvalue weighted by Gasteiger charge is 2.28. The van der Waals surface area contributed by atoms with Crippen molar-refractivity contribution < 1.29 is 9.90 Å². The van der Waals surface area contributed by atoms with Crippen LogP contribution in [0.4, 0.5) is 0 Å². The molecule has 0 fully saturated rings. The summed E-state index contributed by atoms with van der Waals surface area (Å²) >= 11 is 0. The van der Waals surface area contributed by atoms with Crippen molar-refractivity contribution in [3.8, 4) is 6.07 Å². The summed E-state index contributed by atoms with van der Waals surface area (Å²) in [6.45, 7) is 4.62. The molecule has 0 saturated heterocycles. The van der Waals surface area contributed by atoms with Crippen LogP contribution in [0.1, 0.15) is 27.2 Å². The topological polar surface area (TPSA) is 61.1 Å². The third-order valence-corrected chi connectivity index (χ3v) is 1.60. The molecule has 0 aromatic rings. The highest BCUT2D eigenvalue weighted by atomic mass is 16.3. The van der Waals surface area contributed by atoms with Gasteiger partial charge in [0, 0.05) is 6.42 Å². The summed E-state index contributed by atoms with van der Waals surface area (Å²) < 4.78 is 0. The van der Waals surface area contributed by atoms with Gasteiger partial charge >= 0.3 is 0 Å². The fraction of sp³-hybridized carbons (Fsp3) is 0.750. The van der Waals surface area contributed by atoms with Gasteiger partial charge in [-0.25, -0.2) is 0 Å². The molecule has 1 N–H and O–H groups in total. The maximum absolute atomic E-state index is 10.5. The van der Waals surface area contributed by atoms with Crippen molar-refractivity contribution in [2.24, 2.45) is 5.41 Å². The highest BCUT2D eigenvalue weighted by Crippen LogP contribution is 2.21. The van der Waals surface area contributed by atoms with Crippen LogP contribution in [-0.2, 0) is 4.79 Å². The Hall–Kier alpha value is -0.880. The van der Waals surface area contributed by atoms with Gasteiger partial charge in [-0.3, -0.25) is 4.79 Å². The number of hydrogen-bond donors (Lipinski definition) is 1. The smallest absolute Gasteiger partial charge is 0.132 e. The van der Waals surface area contributed by atoms with E-state index in [1.165, 1.54) is 6.92 Å². The van der Waals surface area contributed by atoms with E-state index in [4.69, 9.17) is 5.26 Å². The first kappa shape index (κ1) is 10.1. The molecule has 0 aromatic carbocycles. The molecule has 0 aliphatic heterocycles. The molecule has 0 heterocycles. The molecule has 3 nitrogen and oxygen atoms in total. The zero-order chi connectivity index (χ0) is 9.07. The summed E-state index contributed by atoms with van der Waals surface area (Å²) in [5.41, 5.74) is -0.828. The number of carbonyl (C=O) groups excluding carboxylic acids is 1. The molecule has 0 aliphatic carbocycles. The second-order valence-corrected chi connectivity index (χ2v) is 3.26. The molecule has 3 heteroatoms. The van der Waals surface area contributed by atoms with E-state index in [1.54, 1.807) is 13.8 Å². The summed E-state index contributed by atoms with van der Waals surface area (Å²) in [5.74, 6) is -0.0965. The number of hydrogen-bond acceptors (Lipinski definition) is 3. The van der Waals surface area contributed by atoms with Gasteiger partial charge in [-0.05, 0) is 20.8 Å². The van der Waals surface area contributed by atoms with Crippen LogP contribution in [0, 0.1) is 16.7 Å². The van der Waals surface area contributed by atoms with Gasteiger partial charge in [0.1, 0.15) is 5.78 Å². The SMILES string of the molecule is CC(=O)CC(O)C(C)(C)C#N. The molecular weight excluding hydrogens is 142 g/mol. The normalized spacial score (nSPS) is 13.7. The van der Waals surface area contributed by atoms with E-state index in [2.05, 4.69) is 0 Å². The average Bonchev–Trinajstić information content (AvgIpc) is 1.86. The molecule has 0 radical (unpaired) electrons. The van der Waals surface area contributed by atoms with E-state index < -0.39 is 11.5 Å². The second kappa shape index (κ2) is 3.49. The lowest BCUT2D eigenvalue weighted by Gasteiger charge is -2.21. The van der Waals surface area contributed by atoms with Gasteiger partial charge in [0.25, 0.3) is 0 Å². The Bertz CT molecular complexity index is 191. The van der Waals surface area contributed by atoms with Crippen LogP contribution < -0.4 is 0 Å². The van der Waals surface area contributed by atoms with Gasteiger partial charge in [0.2, 0.25) is 0 Å². The zero-order valence-electron chi connectivity index (χ0n) is 7.09. The minimum Gasteiger partial charge on any atom is -0.391 e. The van der Waals surface area contributed by atoms with Crippen LogP contribution in [0.5, 0.6) is 0 Å². The van der Waals surface area contributed by atoms with Gasteiger partial charge in [-0.2, -0.15) is 5.26 Å². The van der Waals surface area contributed by atoms with E-state index in [-0.39, 0.29) is 12.2 Å². The first-order valence-corrected chi connectivity index (χ1v) is 3.49. The Morgan fingerprint density at radius 2 is 2.18 bits per heavy atom. The Morgan fingerprint density at radius 1 is 1.73 bits per heavy atom. The fourth-order valence-corrected chi connectivity index (χ4v) is 0.602. The second-order valence-electron chi connectivity index (χ2n) is 3.26. The molecule has 62 valence electrons. The maximum atomic E-state index is 10.5. The molecule has 0 spiro atoms. The van der Waals surface area contributed by atoms with Crippen LogP contribution in [0.15, 0.2) is 0 Å². The number of nitrogens with zero attached hydrogens (tertiary/aromatic N) is 1. The standard InChI is InChI=1S/C8H13NO2/c1-6(10)4-7(11)8(2,3)5-9/h7,11H,4H2,1-3H3. The Morgan fingerprint density at radius 3 is 2.45 bits per heavy atom. The van der Waals surface area contributed by atoms with Gasteiger partial charge < -0.3 is 5.11 Å². The lowest BCUT2D eigenvalue weighted by Crippen LogP contribution is -2.29. The van der Waals surface area contributed by atoms with Crippen molar-refractivity contribution in [1.82, 2.24) is 0 Å². The maximum Gasteiger partial charge on any atom is 0.132 e. The fourth-order valence-electron chi connectivity index (χ4n) is 0.602. The van der Waals surface area contributed by atoms with Gasteiger partial charge in [0.05, 0.1) is 17.6 Å². The molecule has 0 aliphatic rings. The Labute approximate surface area is 66.6 Å². The van der Waals surface area contributed by atoms with Crippen molar-refractivity contribution in [3.63, 3.8) is 0 Å². The molecule has 1 unspecified atom stereocenters.